The highest BCUT2D eigenvalue weighted by Crippen LogP contribution is 2.14. The number of carbonyl (C=O) groups is 2. The molecule has 1 unspecified atom stereocenters. The molecular formula is C18H25N5O2. The first-order chi connectivity index (χ1) is 12.0. The summed E-state index contributed by atoms with van der Waals surface area (Å²) in [4.78, 5) is 25.6. The van der Waals surface area contributed by atoms with E-state index in [2.05, 4.69) is 39.8 Å². The normalized spacial score (nSPS) is 16.7. The molecule has 1 atom stereocenters. The van der Waals surface area contributed by atoms with Crippen molar-refractivity contribution in [3.63, 3.8) is 0 Å². The van der Waals surface area contributed by atoms with Crippen molar-refractivity contribution in [2.45, 2.75) is 33.6 Å². The number of carbonyl (C=O) groups excluding carboxylic acids is 2. The van der Waals surface area contributed by atoms with Crippen molar-refractivity contribution < 1.29 is 9.59 Å². The van der Waals surface area contributed by atoms with Gasteiger partial charge in [0.2, 0.25) is 11.8 Å². The molecule has 0 saturated heterocycles. The largest absolute Gasteiger partial charge is 0.372 e. The van der Waals surface area contributed by atoms with Crippen molar-refractivity contribution in [1.82, 2.24) is 10.9 Å². The lowest BCUT2D eigenvalue weighted by Crippen LogP contribution is -2.25. The van der Waals surface area contributed by atoms with Gasteiger partial charge in [-0.05, 0) is 44.9 Å². The first-order valence-electron chi connectivity index (χ1n) is 8.56. The number of amides is 2. The van der Waals surface area contributed by atoms with Crippen LogP contribution in [0.25, 0.3) is 0 Å². The molecule has 1 aromatic carbocycles. The Labute approximate surface area is 148 Å². The maximum absolute atomic E-state index is 11.8. The van der Waals surface area contributed by atoms with Crippen LogP contribution >= 0.6 is 0 Å². The summed E-state index contributed by atoms with van der Waals surface area (Å²) >= 11 is 0. The van der Waals surface area contributed by atoms with Crippen LogP contribution in [0.15, 0.2) is 34.5 Å². The van der Waals surface area contributed by atoms with Gasteiger partial charge in [0.25, 0.3) is 0 Å². The molecule has 2 rings (SSSR count). The van der Waals surface area contributed by atoms with Crippen molar-refractivity contribution in [3.05, 3.63) is 29.8 Å². The summed E-state index contributed by atoms with van der Waals surface area (Å²) in [7, 11) is 0. The number of hydrogen-bond acceptors (Lipinski definition) is 5. The molecular weight excluding hydrogens is 318 g/mol. The van der Waals surface area contributed by atoms with Gasteiger partial charge in [0.15, 0.2) is 0 Å². The van der Waals surface area contributed by atoms with E-state index in [1.807, 2.05) is 24.3 Å². The van der Waals surface area contributed by atoms with Crippen molar-refractivity contribution >= 4 is 29.4 Å². The second-order valence-corrected chi connectivity index (χ2v) is 5.88. The Morgan fingerprint density at radius 2 is 2.00 bits per heavy atom. The summed E-state index contributed by atoms with van der Waals surface area (Å²) in [5.41, 5.74) is 7.70. The quantitative estimate of drug-likeness (QED) is 0.558. The maximum atomic E-state index is 11.8. The van der Waals surface area contributed by atoms with Gasteiger partial charge in [-0.25, -0.2) is 10.9 Å². The van der Waals surface area contributed by atoms with Crippen LogP contribution in [-0.2, 0) is 9.59 Å². The molecule has 0 bridgehead atoms. The van der Waals surface area contributed by atoms with Crippen LogP contribution in [0.2, 0.25) is 0 Å². The standard InChI is InChI=1S/C18H25N5O2/c1-4-23(5-2)15-8-6-14(7-9-15)12-19-21-17(24)11-10-16-13(3)20-22-18(16)25/h6-9,12,16H,4-5,10-11H2,1-3H3,(H,21,24)(H,22,25). The van der Waals surface area contributed by atoms with Gasteiger partial charge >= 0.3 is 0 Å². The van der Waals surface area contributed by atoms with E-state index in [1.165, 1.54) is 0 Å². The number of anilines is 1. The predicted octanol–water partition coefficient (Wildman–Crippen LogP) is 1.88. The molecule has 0 aromatic heterocycles. The Hall–Kier alpha value is -2.70. The topological polar surface area (TPSA) is 86.2 Å². The molecule has 0 spiro atoms. The van der Waals surface area contributed by atoms with Crippen molar-refractivity contribution in [1.29, 1.82) is 0 Å². The molecule has 7 nitrogen and oxygen atoms in total. The number of rotatable bonds is 8. The van der Waals surface area contributed by atoms with Crippen LogP contribution in [0, 0.1) is 5.92 Å². The molecule has 0 radical (unpaired) electrons. The smallest absolute Gasteiger partial charge is 0.248 e. The summed E-state index contributed by atoms with van der Waals surface area (Å²) < 4.78 is 0. The lowest BCUT2D eigenvalue weighted by atomic mass is 9.99. The SMILES string of the molecule is CCN(CC)c1ccc(C=NNC(=O)CCC2C(=O)NN=C2C)cc1. The van der Waals surface area contributed by atoms with Gasteiger partial charge in [-0.1, -0.05) is 12.1 Å². The van der Waals surface area contributed by atoms with Crippen LogP contribution in [0.3, 0.4) is 0 Å². The van der Waals surface area contributed by atoms with E-state index in [4.69, 9.17) is 0 Å². The Morgan fingerprint density at radius 1 is 1.32 bits per heavy atom. The molecule has 0 aliphatic carbocycles. The van der Waals surface area contributed by atoms with E-state index < -0.39 is 0 Å². The number of nitrogens with zero attached hydrogens (tertiary/aromatic N) is 3. The van der Waals surface area contributed by atoms with Crippen molar-refractivity contribution in [3.8, 4) is 0 Å². The molecule has 0 fully saturated rings. The van der Waals surface area contributed by atoms with Crippen LogP contribution in [0.4, 0.5) is 5.69 Å². The molecule has 2 N–H and O–H groups in total. The number of hydrogen-bond donors (Lipinski definition) is 2. The van der Waals surface area contributed by atoms with Gasteiger partial charge in [0.05, 0.1) is 12.1 Å². The first kappa shape index (κ1) is 18.6. The molecule has 2 amide bonds. The van der Waals surface area contributed by atoms with Crippen LogP contribution in [0.5, 0.6) is 0 Å². The predicted molar refractivity (Wildman–Crippen MR) is 99.7 cm³/mol. The van der Waals surface area contributed by atoms with Gasteiger partial charge in [0.1, 0.15) is 0 Å². The Balaban J connectivity index is 1.79. The van der Waals surface area contributed by atoms with E-state index >= 15 is 0 Å². The fourth-order valence-corrected chi connectivity index (χ4v) is 2.70. The van der Waals surface area contributed by atoms with E-state index in [0.717, 1.165) is 30.1 Å². The van der Waals surface area contributed by atoms with Gasteiger partial charge in [-0.3, -0.25) is 9.59 Å². The summed E-state index contributed by atoms with van der Waals surface area (Å²) in [5, 5.41) is 7.83. The minimum absolute atomic E-state index is 0.151. The molecule has 7 heteroatoms. The number of hydrazone groups is 2. The average Bonchev–Trinajstić information content (AvgIpc) is 2.93. The zero-order chi connectivity index (χ0) is 18.2. The van der Waals surface area contributed by atoms with E-state index in [9.17, 15) is 9.59 Å². The molecule has 134 valence electrons. The number of nitrogens with one attached hydrogen (secondary N) is 2. The molecule has 1 aliphatic rings. The second-order valence-electron chi connectivity index (χ2n) is 5.88. The average molecular weight is 343 g/mol. The monoisotopic (exact) mass is 343 g/mol. The zero-order valence-electron chi connectivity index (χ0n) is 15.0. The zero-order valence-corrected chi connectivity index (χ0v) is 15.0. The van der Waals surface area contributed by atoms with Crippen molar-refractivity contribution in [2.75, 3.05) is 18.0 Å². The summed E-state index contributed by atoms with van der Waals surface area (Å²) in [6, 6.07) is 8.01. The fraction of sp³-hybridized carbons (Fsp3) is 0.444. The van der Waals surface area contributed by atoms with Crippen LogP contribution in [-0.4, -0.2) is 36.8 Å². The lowest BCUT2D eigenvalue weighted by molar-refractivity contribution is -0.123. The third-order valence-electron chi connectivity index (χ3n) is 4.25. The van der Waals surface area contributed by atoms with E-state index in [0.29, 0.717) is 6.42 Å². The highest BCUT2D eigenvalue weighted by Gasteiger charge is 2.26. The maximum Gasteiger partial charge on any atom is 0.248 e. The fourth-order valence-electron chi connectivity index (χ4n) is 2.70. The van der Waals surface area contributed by atoms with Gasteiger partial charge < -0.3 is 4.90 Å². The minimum atomic E-state index is -0.317. The molecule has 1 aliphatic heterocycles. The van der Waals surface area contributed by atoms with Crippen molar-refractivity contribution in [2.24, 2.45) is 16.1 Å². The highest BCUT2D eigenvalue weighted by molar-refractivity contribution is 6.07. The second kappa shape index (κ2) is 8.96. The van der Waals surface area contributed by atoms with Gasteiger partial charge in [0, 0.05) is 30.9 Å². The summed E-state index contributed by atoms with van der Waals surface area (Å²) in [5.74, 6) is -0.687. The molecule has 1 aromatic rings. The lowest BCUT2D eigenvalue weighted by Gasteiger charge is -2.20. The highest BCUT2D eigenvalue weighted by atomic mass is 16.2. The van der Waals surface area contributed by atoms with Gasteiger partial charge in [-0.15, -0.1) is 0 Å². The molecule has 1 heterocycles. The van der Waals surface area contributed by atoms with E-state index in [-0.39, 0.29) is 24.2 Å². The third-order valence-corrected chi connectivity index (χ3v) is 4.25. The Bertz CT molecular complexity index is 663. The first-order valence-corrected chi connectivity index (χ1v) is 8.56. The Morgan fingerprint density at radius 3 is 2.56 bits per heavy atom. The van der Waals surface area contributed by atoms with E-state index in [1.54, 1.807) is 13.1 Å². The van der Waals surface area contributed by atoms with Gasteiger partial charge in [-0.2, -0.15) is 10.2 Å². The number of benzene rings is 1. The third kappa shape index (κ3) is 5.14. The Kier molecular flexibility index (Phi) is 6.68. The van der Waals surface area contributed by atoms with Crippen LogP contribution in [0.1, 0.15) is 39.2 Å². The summed E-state index contributed by atoms with van der Waals surface area (Å²) in [6.07, 6.45) is 2.27. The summed E-state index contributed by atoms with van der Waals surface area (Å²) in [6.45, 7) is 7.95. The minimum Gasteiger partial charge on any atom is -0.372 e. The molecule has 25 heavy (non-hydrogen) atoms. The molecule has 0 saturated carbocycles. The van der Waals surface area contributed by atoms with Crippen LogP contribution < -0.4 is 15.8 Å².